The second-order valence-electron chi connectivity index (χ2n) is 6.45. The number of hydrogen-bond acceptors (Lipinski definition) is 2. The zero-order valence-electron chi connectivity index (χ0n) is 12.8. The van der Waals surface area contributed by atoms with Crippen LogP contribution in [-0.4, -0.2) is 42.0 Å². The molecule has 0 bridgehead atoms. The van der Waals surface area contributed by atoms with Crippen molar-refractivity contribution in [3.8, 4) is 0 Å². The van der Waals surface area contributed by atoms with Gasteiger partial charge in [-0.2, -0.15) is 0 Å². The van der Waals surface area contributed by atoms with Gasteiger partial charge in [-0.3, -0.25) is 9.80 Å². The molecule has 0 aromatic heterocycles. The second kappa shape index (κ2) is 6.11. The highest BCUT2D eigenvalue weighted by Crippen LogP contribution is 2.32. The Hall–Kier alpha value is -1.12. The predicted molar refractivity (Wildman–Crippen MR) is 84.8 cm³/mol. The molecule has 2 unspecified atom stereocenters. The Bertz CT molecular complexity index is 462. The summed E-state index contributed by atoms with van der Waals surface area (Å²) in [4.78, 5) is 5.38. The van der Waals surface area contributed by atoms with E-state index in [4.69, 9.17) is 0 Å². The van der Waals surface area contributed by atoms with Crippen molar-refractivity contribution in [1.82, 2.24) is 9.80 Å². The van der Waals surface area contributed by atoms with Crippen LogP contribution in [0, 0.1) is 0 Å². The Morgan fingerprint density at radius 3 is 2.75 bits per heavy atom. The van der Waals surface area contributed by atoms with Crippen molar-refractivity contribution in [2.75, 3.05) is 26.2 Å². The molecule has 2 nitrogen and oxygen atoms in total. The fraction of sp³-hybridized carbons (Fsp3) is 0.556. The van der Waals surface area contributed by atoms with Crippen LogP contribution in [-0.2, 0) is 0 Å². The molecule has 2 atom stereocenters. The van der Waals surface area contributed by atoms with E-state index in [1.807, 2.05) is 0 Å². The van der Waals surface area contributed by atoms with Crippen molar-refractivity contribution in [3.63, 3.8) is 0 Å². The van der Waals surface area contributed by atoms with E-state index < -0.39 is 0 Å². The minimum atomic E-state index is 0.557. The molecule has 20 heavy (non-hydrogen) atoms. The third-order valence-corrected chi connectivity index (χ3v) is 4.71. The first-order valence-electron chi connectivity index (χ1n) is 7.90. The van der Waals surface area contributed by atoms with E-state index in [0.29, 0.717) is 6.04 Å². The first kappa shape index (κ1) is 13.8. The molecule has 2 heterocycles. The number of benzene rings is 1. The second-order valence-corrected chi connectivity index (χ2v) is 6.45. The van der Waals surface area contributed by atoms with Gasteiger partial charge in [-0.15, -0.1) is 0 Å². The molecular weight excluding hydrogens is 244 g/mol. The fourth-order valence-electron chi connectivity index (χ4n) is 3.57. The van der Waals surface area contributed by atoms with Gasteiger partial charge >= 0.3 is 0 Å². The first-order chi connectivity index (χ1) is 9.74. The quantitative estimate of drug-likeness (QED) is 0.776. The van der Waals surface area contributed by atoms with Crippen molar-refractivity contribution in [1.29, 1.82) is 0 Å². The Morgan fingerprint density at radius 1 is 1.20 bits per heavy atom. The average Bonchev–Trinajstić information content (AvgIpc) is 2.92. The maximum absolute atomic E-state index is 2.71. The SMILES string of the molecule is CC(C)=CCN1CC2CCCN2CC1c1ccccc1. The Balaban J connectivity index is 1.81. The first-order valence-corrected chi connectivity index (χ1v) is 7.90. The number of nitrogens with zero attached hydrogens (tertiary/aromatic N) is 2. The van der Waals surface area contributed by atoms with Gasteiger partial charge in [0.1, 0.15) is 0 Å². The molecule has 2 aliphatic rings. The highest BCUT2D eigenvalue weighted by Gasteiger charge is 2.36. The van der Waals surface area contributed by atoms with Gasteiger partial charge in [0.15, 0.2) is 0 Å². The maximum atomic E-state index is 2.71. The zero-order chi connectivity index (χ0) is 13.9. The van der Waals surface area contributed by atoms with Crippen LogP contribution in [0.2, 0.25) is 0 Å². The molecule has 108 valence electrons. The summed E-state index contributed by atoms with van der Waals surface area (Å²) in [6.07, 6.45) is 5.13. The maximum Gasteiger partial charge on any atom is 0.0479 e. The van der Waals surface area contributed by atoms with Crippen LogP contribution in [0.3, 0.4) is 0 Å². The summed E-state index contributed by atoms with van der Waals surface area (Å²) in [5, 5.41) is 0. The van der Waals surface area contributed by atoms with Crippen molar-refractivity contribution >= 4 is 0 Å². The number of hydrogen-bond donors (Lipinski definition) is 0. The van der Waals surface area contributed by atoms with Crippen LogP contribution in [0.25, 0.3) is 0 Å². The molecule has 1 aromatic carbocycles. The third-order valence-electron chi connectivity index (χ3n) is 4.71. The van der Waals surface area contributed by atoms with E-state index in [1.165, 1.54) is 43.6 Å². The van der Waals surface area contributed by atoms with Crippen LogP contribution < -0.4 is 0 Å². The van der Waals surface area contributed by atoms with Crippen LogP contribution in [0.4, 0.5) is 0 Å². The molecular formula is C18H26N2. The van der Waals surface area contributed by atoms with Crippen molar-refractivity contribution < 1.29 is 0 Å². The highest BCUT2D eigenvalue weighted by atomic mass is 15.3. The molecule has 0 radical (unpaired) electrons. The zero-order valence-corrected chi connectivity index (χ0v) is 12.8. The van der Waals surface area contributed by atoms with Gasteiger partial charge < -0.3 is 0 Å². The Kier molecular flexibility index (Phi) is 4.23. The normalized spacial score (nSPS) is 27.3. The van der Waals surface area contributed by atoms with Crippen LogP contribution in [0.1, 0.15) is 38.3 Å². The predicted octanol–water partition coefficient (Wildman–Crippen LogP) is 3.47. The highest BCUT2D eigenvalue weighted by molar-refractivity contribution is 5.21. The van der Waals surface area contributed by atoms with Gasteiger partial charge in [-0.05, 0) is 38.8 Å². The number of rotatable bonds is 3. The lowest BCUT2D eigenvalue weighted by Crippen LogP contribution is -2.51. The summed E-state index contributed by atoms with van der Waals surface area (Å²) in [5.74, 6) is 0. The lowest BCUT2D eigenvalue weighted by atomic mass is 9.99. The minimum absolute atomic E-state index is 0.557. The fourth-order valence-corrected chi connectivity index (χ4v) is 3.57. The summed E-state index contributed by atoms with van der Waals surface area (Å²) in [6, 6.07) is 12.4. The molecule has 2 fully saturated rings. The molecule has 0 saturated carbocycles. The monoisotopic (exact) mass is 270 g/mol. The van der Waals surface area contributed by atoms with Crippen LogP contribution in [0.5, 0.6) is 0 Å². The largest absolute Gasteiger partial charge is 0.297 e. The number of allylic oxidation sites excluding steroid dienone is 1. The molecule has 2 aliphatic heterocycles. The summed E-state index contributed by atoms with van der Waals surface area (Å²) >= 11 is 0. The van der Waals surface area contributed by atoms with E-state index in [1.54, 1.807) is 0 Å². The molecule has 0 N–H and O–H groups in total. The van der Waals surface area contributed by atoms with E-state index in [-0.39, 0.29) is 0 Å². The number of piperazine rings is 1. The summed E-state index contributed by atoms with van der Waals surface area (Å²) in [5.41, 5.74) is 2.89. The summed E-state index contributed by atoms with van der Waals surface area (Å²) < 4.78 is 0. The summed E-state index contributed by atoms with van der Waals surface area (Å²) in [7, 11) is 0. The van der Waals surface area contributed by atoms with Gasteiger partial charge in [0.25, 0.3) is 0 Å². The molecule has 1 aromatic rings. The summed E-state index contributed by atoms with van der Waals surface area (Å²) in [6.45, 7) is 9.21. The lowest BCUT2D eigenvalue weighted by Gasteiger charge is -2.43. The van der Waals surface area contributed by atoms with Crippen molar-refractivity contribution in [2.24, 2.45) is 0 Å². The molecule has 0 amide bonds. The molecule has 2 heteroatoms. The van der Waals surface area contributed by atoms with Gasteiger partial charge in [0.2, 0.25) is 0 Å². The van der Waals surface area contributed by atoms with Crippen molar-refractivity contribution in [3.05, 3.63) is 47.5 Å². The van der Waals surface area contributed by atoms with E-state index in [9.17, 15) is 0 Å². The molecule has 0 spiro atoms. The smallest absolute Gasteiger partial charge is 0.0479 e. The van der Waals surface area contributed by atoms with Gasteiger partial charge in [-0.25, -0.2) is 0 Å². The third kappa shape index (κ3) is 2.97. The van der Waals surface area contributed by atoms with Crippen LogP contribution in [0.15, 0.2) is 42.0 Å². The van der Waals surface area contributed by atoms with Gasteiger partial charge in [0, 0.05) is 31.7 Å². The van der Waals surface area contributed by atoms with Crippen molar-refractivity contribution in [2.45, 2.75) is 38.8 Å². The van der Waals surface area contributed by atoms with Crippen LogP contribution >= 0.6 is 0 Å². The number of fused-ring (bicyclic) bond motifs is 1. The minimum Gasteiger partial charge on any atom is -0.297 e. The van der Waals surface area contributed by atoms with Gasteiger partial charge in [-0.1, -0.05) is 42.0 Å². The Labute approximate surface area is 123 Å². The van der Waals surface area contributed by atoms with Gasteiger partial charge in [0.05, 0.1) is 0 Å². The standard InChI is InChI=1S/C18H26N2/c1-15(2)10-12-20-13-17-9-6-11-19(17)14-18(20)16-7-4-3-5-8-16/h3-5,7-8,10,17-18H,6,9,11-14H2,1-2H3. The topological polar surface area (TPSA) is 6.48 Å². The Morgan fingerprint density at radius 2 is 2.00 bits per heavy atom. The average molecular weight is 270 g/mol. The molecule has 3 rings (SSSR count). The molecule has 0 aliphatic carbocycles. The molecule has 2 saturated heterocycles. The lowest BCUT2D eigenvalue weighted by molar-refractivity contribution is 0.0592. The van der Waals surface area contributed by atoms with E-state index >= 15 is 0 Å². The van der Waals surface area contributed by atoms with E-state index in [2.05, 4.69) is 60.1 Å². The van der Waals surface area contributed by atoms with E-state index in [0.717, 1.165) is 12.6 Å².